The number of rotatable bonds is 5. The van der Waals surface area contributed by atoms with Crippen LogP contribution in [0.3, 0.4) is 0 Å². The highest BCUT2D eigenvalue weighted by atomic mass is 16.2. The summed E-state index contributed by atoms with van der Waals surface area (Å²) in [5.74, 6) is 0.374. The van der Waals surface area contributed by atoms with Crippen molar-refractivity contribution in [2.75, 3.05) is 17.2 Å². The van der Waals surface area contributed by atoms with E-state index in [2.05, 4.69) is 11.9 Å². The van der Waals surface area contributed by atoms with Crippen molar-refractivity contribution >= 4 is 17.4 Å². The zero-order chi connectivity index (χ0) is 14.4. The number of unbranched alkanes of at least 4 members (excludes halogenated alkanes) is 1. The number of anilines is 2. The molecule has 2 aromatic rings. The summed E-state index contributed by atoms with van der Waals surface area (Å²) in [7, 11) is 0. The summed E-state index contributed by atoms with van der Waals surface area (Å²) >= 11 is 0. The van der Waals surface area contributed by atoms with Gasteiger partial charge in [-0.1, -0.05) is 31.5 Å². The highest BCUT2D eigenvalue weighted by Crippen LogP contribution is 2.17. The molecule has 1 amide bonds. The molecule has 0 radical (unpaired) electrons. The van der Waals surface area contributed by atoms with Crippen LogP contribution in [0.15, 0.2) is 48.7 Å². The lowest BCUT2D eigenvalue weighted by Gasteiger charge is -2.22. The van der Waals surface area contributed by atoms with Crippen LogP contribution in [0.2, 0.25) is 0 Å². The van der Waals surface area contributed by atoms with Gasteiger partial charge in [-0.05, 0) is 30.7 Å². The summed E-state index contributed by atoms with van der Waals surface area (Å²) in [5, 5.41) is 0. The Morgan fingerprint density at radius 1 is 1.20 bits per heavy atom. The van der Waals surface area contributed by atoms with Crippen LogP contribution in [0.5, 0.6) is 0 Å². The number of nitrogens with two attached hydrogens (primary N) is 1. The average Bonchev–Trinajstić information content (AvgIpc) is 2.49. The number of carbonyl (C=O) groups excluding carboxylic acids is 1. The number of hydrogen-bond donors (Lipinski definition) is 1. The van der Waals surface area contributed by atoms with Crippen molar-refractivity contribution in [3.05, 3.63) is 54.2 Å². The highest BCUT2D eigenvalue weighted by Gasteiger charge is 2.17. The number of carbonyl (C=O) groups is 1. The van der Waals surface area contributed by atoms with Crippen molar-refractivity contribution in [3.8, 4) is 0 Å². The minimum absolute atomic E-state index is 0.0443. The number of hydrogen-bond acceptors (Lipinski definition) is 3. The smallest absolute Gasteiger partial charge is 0.259 e. The molecule has 0 atom stereocenters. The van der Waals surface area contributed by atoms with Gasteiger partial charge >= 0.3 is 0 Å². The van der Waals surface area contributed by atoms with Crippen LogP contribution in [0.25, 0.3) is 0 Å². The van der Waals surface area contributed by atoms with Gasteiger partial charge in [0.1, 0.15) is 5.82 Å². The number of benzene rings is 1. The molecule has 4 nitrogen and oxygen atoms in total. The Bertz CT molecular complexity index is 552. The molecule has 0 fully saturated rings. The third kappa shape index (κ3) is 3.35. The van der Waals surface area contributed by atoms with Gasteiger partial charge in [0.25, 0.3) is 5.91 Å². The van der Waals surface area contributed by atoms with E-state index in [0.29, 0.717) is 17.9 Å². The molecule has 2 rings (SSSR count). The Morgan fingerprint density at radius 2 is 1.95 bits per heavy atom. The van der Waals surface area contributed by atoms with Gasteiger partial charge in [0, 0.05) is 18.4 Å². The number of nitrogens with zero attached hydrogens (tertiary/aromatic N) is 2. The van der Waals surface area contributed by atoms with Crippen molar-refractivity contribution in [2.45, 2.75) is 19.8 Å². The van der Waals surface area contributed by atoms with E-state index in [1.807, 2.05) is 30.3 Å². The number of para-hydroxylation sites is 1. The monoisotopic (exact) mass is 269 g/mol. The number of amides is 1. The molecular weight excluding hydrogens is 250 g/mol. The van der Waals surface area contributed by atoms with Crippen LogP contribution in [0, 0.1) is 0 Å². The Labute approximate surface area is 119 Å². The quantitative estimate of drug-likeness (QED) is 0.907. The molecule has 1 heterocycles. The van der Waals surface area contributed by atoms with Crippen LogP contribution < -0.4 is 10.6 Å². The molecule has 20 heavy (non-hydrogen) atoms. The summed E-state index contributed by atoms with van der Waals surface area (Å²) in [6.07, 6.45) is 3.53. The lowest BCUT2D eigenvalue weighted by atomic mass is 10.2. The predicted molar refractivity (Wildman–Crippen MR) is 81.7 cm³/mol. The van der Waals surface area contributed by atoms with E-state index >= 15 is 0 Å². The largest absolute Gasteiger partial charge is 0.384 e. The standard InChI is InChI=1S/C16H19N3O/c1-2-3-11-19(14-7-5-4-6-8-14)16(20)13-9-10-15(17)18-12-13/h4-10,12H,2-3,11H2,1H3,(H2,17,18). The van der Waals surface area contributed by atoms with Crippen molar-refractivity contribution < 1.29 is 4.79 Å². The normalized spacial score (nSPS) is 10.2. The van der Waals surface area contributed by atoms with E-state index < -0.39 is 0 Å². The second-order valence-corrected chi connectivity index (χ2v) is 4.62. The van der Waals surface area contributed by atoms with Crippen LogP contribution in [-0.4, -0.2) is 17.4 Å². The molecule has 1 aromatic carbocycles. The molecule has 104 valence electrons. The first-order valence-electron chi connectivity index (χ1n) is 6.81. The Hall–Kier alpha value is -2.36. The second kappa shape index (κ2) is 6.70. The van der Waals surface area contributed by atoms with E-state index in [-0.39, 0.29) is 5.91 Å². The first-order chi connectivity index (χ1) is 9.72. The SMILES string of the molecule is CCCCN(C(=O)c1ccc(N)nc1)c1ccccc1. The van der Waals surface area contributed by atoms with Gasteiger partial charge in [0.05, 0.1) is 5.56 Å². The Morgan fingerprint density at radius 3 is 2.55 bits per heavy atom. The molecule has 0 aliphatic rings. The minimum Gasteiger partial charge on any atom is -0.384 e. The van der Waals surface area contributed by atoms with Crippen molar-refractivity contribution in [3.63, 3.8) is 0 Å². The first kappa shape index (κ1) is 14.1. The molecular formula is C16H19N3O. The zero-order valence-corrected chi connectivity index (χ0v) is 11.6. The summed E-state index contributed by atoms with van der Waals surface area (Å²) in [6.45, 7) is 2.81. The maximum atomic E-state index is 12.6. The lowest BCUT2D eigenvalue weighted by Crippen LogP contribution is -2.32. The third-order valence-electron chi connectivity index (χ3n) is 3.08. The third-order valence-corrected chi connectivity index (χ3v) is 3.08. The molecule has 1 aromatic heterocycles. The van der Waals surface area contributed by atoms with E-state index in [9.17, 15) is 4.79 Å². The zero-order valence-electron chi connectivity index (χ0n) is 11.6. The first-order valence-corrected chi connectivity index (χ1v) is 6.81. The summed E-state index contributed by atoms with van der Waals surface area (Å²) in [5.41, 5.74) is 7.02. The average molecular weight is 269 g/mol. The summed E-state index contributed by atoms with van der Waals surface area (Å²) in [4.78, 5) is 18.4. The fraction of sp³-hybridized carbons (Fsp3) is 0.250. The predicted octanol–water partition coefficient (Wildman–Crippen LogP) is 3.11. The molecule has 0 aliphatic carbocycles. The molecule has 4 heteroatoms. The maximum Gasteiger partial charge on any atom is 0.259 e. The molecule has 0 saturated heterocycles. The summed E-state index contributed by atoms with van der Waals surface area (Å²) in [6, 6.07) is 13.1. The van der Waals surface area contributed by atoms with Crippen LogP contribution in [0.4, 0.5) is 11.5 Å². The Kier molecular flexibility index (Phi) is 4.71. The van der Waals surface area contributed by atoms with E-state index in [1.54, 1.807) is 17.0 Å². The van der Waals surface area contributed by atoms with Crippen LogP contribution in [0.1, 0.15) is 30.1 Å². The van der Waals surface area contributed by atoms with E-state index in [4.69, 9.17) is 5.73 Å². The number of aromatic nitrogens is 1. The van der Waals surface area contributed by atoms with Crippen LogP contribution in [-0.2, 0) is 0 Å². The van der Waals surface area contributed by atoms with Gasteiger partial charge in [-0.3, -0.25) is 4.79 Å². The molecule has 0 bridgehead atoms. The fourth-order valence-corrected chi connectivity index (χ4v) is 1.96. The molecule has 0 unspecified atom stereocenters. The molecule has 0 saturated carbocycles. The lowest BCUT2D eigenvalue weighted by molar-refractivity contribution is 0.0986. The second-order valence-electron chi connectivity index (χ2n) is 4.62. The maximum absolute atomic E-state index is 12.6. The van der Waals surface area contributed by atoms with Gasteiger partial charge in [0.2, 0.25) is 0 Å². The van der Waals surface area contributed by atoms with Crippen molar-refractivity contribution in [1.29, 1.82) is 0 Å². The molecule has 0 aliphatic heterocycles. The van der Waals surface area contributed by atoms with E-state index in [0.717, 1.165) is 18.5 Å². The fourth-order valence-electron chi connectivity index (χ4n) is 1.96. The van der Waals surface area contributed by atoms with Crippen LogP contribution >= 0.6 is 0 Å². The van der Waals surface area contributed by atoms with E-state index in [1.165, 1.54) is 6.20 Å². The highest BCUT2D eigenvalue weighted by molar-refractivity contribution is 6.05. The Balaban J connectivity index is 2.26. The van der Waals surface area contributed by atoms with Gasteiger partial charge in [-0.2, -0.15) is 0 Å². The molecule has 0 spiro atoms. The summed E-state index contributed by atoms with van der Waals surface area (Å²) < 4.78 is 0. The topological polar surface area (TPSA) is 59.2 Å². The van der Waals surface area contributed by atoms with Gasteiger partial charge < -0.3 is 10.6 Å². The minimum atomic E-state index is -0.0443. The number of pyridine rings is 1. The molecule has 2 N–H and O–H groups in total. The number of nitrogen functional groups attached to an aromatic ring is 1. The van der Waals surface area contributed by atoms with Gasteiger partial charge in [-0.25, -0.2) is 4.98 Å². The van der Waals surface area contributed by atoms with Gasteiger partial charge in [-0.15, -0.1) is 0 Å². The van der Waals surface area contributed by atoms with Crippen molar-refractivity contribution in [1.82, 2.24) is 4.98 Å². The van der Waals surface area contributed by atoms with Gasteiger partial charge in [0.15, 0.2) is 0 Å². The van der Waals surface area contributed by atoms with Crippen molar-refractivity contribution in [2.24, 2.45) is 0 Å².